The maximum atomic E-state index is 11.4. The molecule has 1 atom stereocenters. The standard InChI is InChI=1S/C15H14BrNO2/c1-10-7-8-11(9-13(10)16)14(15(18)19)17-12-5-3-2-4-6-12/h2-9,14,17H,1H3,(H,18,19). The summed E-state index contributed by atoms with van der Waals surface area (Å²) in [5.74, 6) is -0.903. The summed E-state index contributed by atoms with van der Waals surface area (Å²) in [6.07, 6.45) is 0. The van der Waals surface area contributed by atoms with Gasteiger partial charge in [0.2, 0.25) is 0 Å². The lowest BCUT2D eigenvalue weighted by molar-refractivity contribution is -0.138. The van der Waals surface area contributed by atoms with Gasteiger partial charge in [-0.1, -0.05) is 46.3 Å². The van der Waals surface area contributed by atoms with E-state index < -0.39 is 12.0 Å². The van der Waals surface area contributed by atoms with Gasteiger partial charge in [0, 0.05) is 10.2 Å². The van der Waals surface area contributed by atoms with Crippen molar-refractivity contribution in [2.45, 2.75) is 13.0 Å². The van der Waals surface area contributed by atoms with Crippen LogP contribution in [0.1, 0.15) is 17.2 Å². The highest BCUT2D eigenvalue weighted by Crippen LogP contribution is 2.25. The lowest BCUT2D eigenvalue weighted by Crippen LogP contribution is -2.20. The van der Waals surface area contributed by atoms with E-state index in [-0.39, 0.29) is 0 Å². The predicted molar refractivity (Wildman–Crippen MR) is 79.3 cm³/mol. The number of carbonyl (C=O) groups is 1. The van der Waals surface area contributed by atoms with E-state index in [1.54, 1.807) is 0 Å². The largest absolute Gasteiger partial charge is 0.479 e. The van der Waals surface area contributed by atoms with Gasteiger partial charge >= 0.3 is 5.97 Å². The molecule has 2 aromatic rings. The lowest BCUT2D eigenvalue weighted by atomic mass is 10.0. The number of anilines is 1. The van der Waals surface area contributed by atoms with Crippen molar-refractivity contribution in [2.24, 2.45) is 0 Å². The van der Waals surface area contributed by atoms with Gasteiger partial charge < -0.3 is 10.4 Å². The number of carboxylic acids is 1. The fourth-order valence-electron chi connectivity index (χ4n) is 1.78. The van der Waals surface area contributed by atoms with Crippen molar-refractivity contribution < 1.29 is 9.90 Å². The molecule has 0 radical (unpaired) electrons. The van der Waals surface area contributed by atoms with Gasteiger partial charge in [-0.3, -0.25) is 0 Å². The summed E-state index contributed by atoms with van der Waals surface area (Å²) in [5.41, 5.74) is 2.58. The summed E-state index contributed by atoms with van der Waals surface area (Å²) in [7, 11) is 0. The molecule has 1 unspecified atom stereocenters. The zero-order valence-corrected chi connectivity index (χ0v) is 12.0. The van der Waals surface area contributed by atoms with E-state index in [0.29, 0.717) is 5.56 Å². The number of halogens is 1. The third-order valence-electron chi connectivity index (χ3n) is 2.86. The van der Waals surface area contributed by atoms with Crippen molar-refractivity contribution in [3.8, 4) is 0 Å². The zero-order chi connectivity index (χ0) is 13.8. The number of hydrogen-bond donors (Lipinski definition) is 2. The molecule has 4 heteroatoms. The van der Waals surface area contributed by atoms with Gasteiger partial charge in [0.25, 0.3) is 0 Å². The molecule has 98 valence electrons. The van der Waals surface area contributed by atoms with Crippen LogP contribution in [0.4, 0.5) is 5.69 Å². The number of carboxylic acid groups (broad SMARTS) is 1. The maximum Gasteiger partial charge on any atom is 0.330 e. The second-order valence-electron chi connectivity index (χ2n) is 4.29. The van der Waals surface area contributed by atoms with Gasteiger partial charge in [-0.25, -0.2) is 4.79 Å². The molecule has 0 saturated heterocycles. The first-order chi connectivity index (χ1) is 9.08. The van der Waals surface area contributed by atoms with Crippen LogP contribution < -0.4 is 5.32 Å². The Kier molecular flexibility index (Phi) is 4.22. The molecule has 0 spiro atoms. The number of aryl methyl sites for hydroxylation is 1. The summed E-state index contributed by atoms with van der Waals surface area (Å²) in [6.45, 7) is 1.97. The molecule has 2 aromatic carbocycles. The lowest BCUT2D eigenvalue weighted by Gasteiger charge is -2.17. The number of hydrogen-bond acceptors (Lipinski definition) is 2. The molecule has 0 aliphatic carbocycles. The van der Waals surface area contributed by atoms with Crippen LogP contribution in [-0.4, -0.2) is 11.1 Å². The maximum absolute atomic E-state index is 11.4. The highest BCUT2D eigenvalue weighted by molar-refractivity contribution is 9.10. The van der Waals surface area contributed by atoms with Crippen molar-refractivity contribution >= 4 is 27.6 Å². The van der Waals surface area contributed by atoms with Gasteiger partial charge in [-0.2, -0.15) is 0 Å². The molecule has 0 aliphatic rings. The van der Waals surface area contributed by atoms with Crippen LogP contribution in [0.3, 0.4) is 0 Å². The number of rotatable bonds is 4. The topological polar surface area (TPSA) is 49.3 Å². The molecule has 0 saturated carbocycles. The molecule has 19 heavy (non-hydrogen) atoms. The molecule has 0 fully saturated rings. The van der Waals surface area contributed by atoms with Crippen molar-refractivity contribution in [2.75, 3.05) is 5.32 Å². The number of nitrogens with one attached hydrogen (secondary N) is 1. The van der Waals surface area contributed by atoms with Crippen LogP contribution >= 0.6 is 15.9 Å². The van der Waals surface area contributed by atoms with Crippen LogP contribution in [0.5, 0.6) is 0 Å². The van der Waals surface area contributed by atoms with Gasteiger partial charge in [-0.05, 0) is 36.2 Å². The van der Waals surface area contributed by atoms with E-state index in [1.165, 1.54) is 0 Å². The Hall–Kier alpha value is -1.81. The summed E-state index contributed by atoms with van der Waals surface area (Å²) < 4.78 is 0.908. The SMILES string of the molecule is Cc1ccc(C(Nc2ccccc2)C(=O)O)cc1Br. The van der Waals surface area contributed by atoms with E-state index in [0.717, 1.165) is 15.7 Å². The van der Waals surface area contributed by atoms with E-state index in [1.807, 2.05) is 55.5 Å². The van der Waals surface area contributed by atoms with Crippen molar-refractivity contribution in [3.63, 3.8) is 0 Å². The molecule has 0 amide bonds. The first kappa shape index (κ1) is 13.6. The predicted octanol–water partition coefficient (Wildman–Crippen LogP) is 4.00. The molecule has 2 N–H and O–H groups in total. The quantitative estimate of drug-likeness (QED) is 0.895. The Bertz CT molecular complexity index is 584. The molecule has 3 nitrogen and oxygen atoms in total. The summed E-state index contributed by atoms with van der Waals surface area (Å²) >= 11 is 3.43. The fourth-order valence-corrected chi connectivity index (χ4v) is 2.17. The Morgan fingerprint density at radius 1 is 1.21 bits per heavy atom. The third-order valence-corrected chi connectivity index (χ3v) is 3.72. The molecular formula is C15H14BrNO2. The van der Waals surface area contributed by atoms with E-state index in [2.05, 4.69) is 21.2 Å². The Morgan fingerprint density at radius 3 is 2.47 bits per heavy atom. The third kappa shape index (κ3) is 3.35. The van der Waals surface area contributed by atoms with E-state index in [4.69, 9.17) is 0 Å². The highest BCUT2D eigenvalue weighted by atomic mass is 79.9. The summed E-state index contributed by atoms with van der Waals surface area (Å²) in [4.78, 5) is 11.4. The minimum Gasteiger partial charge on any atom is -0.479 e. The average Bonchev–Trinajstić information content (AvgIpc) is 2.40. The molecule has 0 heterocycles. The first-order valence-corrected chi connectivity index (χ1v) is 6.67. The smallest absolute Gasteiger partial charge is 0.330 e. The molecular weight excluding hydrogens is 306 g/mol. The van der Waals surface area contributed by atoms with E-state index in [9.17, 15) is 9.90 Å². The first-order valence-electron chi connectivity index (χ1n) is 5.88. The van der Waals surface area contributed by atoms with Crippen molar-refractivity contribution in [1.82, 2.24) is 0 Å². The van der Waals surface area contributed by atoms with Gasteiger partial charge in [0.1, 0.15) is 0 Å². The minimum absolute atomic E-state index is 0.717. The number of aliphatic carboxylic acids is 1. The molecule has 2 rings (SSSR count). The van der Waals surface area contributed by atoms with Crippen molar-refractivity contribution in [1.29, 1.82) is 0 Å². The van der Waals surface area contributed by atoms with Crippen LogP contribution in [0.25, 0.3) is 0 Å². The van der Waals surface area contributed by atoms with Gasteiger partial charge in [-0.15, -0.1) is 0 Å². The van der Waals surface area contributed by atoms with Crippen LogP contribution in [0.15, 0.2) is 53.0 Å². The summed E-state index contributed by atoms with van der Waals surface area (Å²) in [6, 6.07) is 14.1. The molecule has 0 aromatic heterocycles. The highest BCUT2D eigenvalue weighted by Gasteiger charge is 2.20. The van der Waals surface area contributed by atoms with Crippen LogP contribution in [-0.2, 0) is 4.79 Å². The molecule has 0 bridgehead atoms. The Balaban J connectivity index is 2.30. The minimum atomic E-state index is -0.903. The number of para-hydroxylation sites is 1. The Morgan fingerprint density at radius 2 is 1.89 bits per heavy atom. The Labute approximate surface area is 120 Å². The molecule has 0 aliphatic heterocycles. The normalized spacial score (nSPS) is 11.9. The van der Waals surface area contributed by atoms with Gasteiger partial charge in [0.15, 0.2) is 6.04 Å². The number of benzene rings is 2. The van der Waals surface area contributed by atoms with Crippen LogP contribution in [0.2, 0.25) is 0 Å². The fraction of sp³-hybridized carbons (Fsp3) is 0.133. The van der Waals surface area contributed by atoms with Gasteiger partial charge in [0.05, 0.1) is 0 Å². The average molecular weight is 320 g/mol. The van der Waals surface area contributed by atoms with Crippen molar-refractivity contribution in [3.05, 3.63) is 64.1 Å². The second-order valence-corrected chi connectivity index (χ2v) is 5.14. The second kappa shape index (κ2) is 5.89. The monoisotopic (exact) mass is 319 g/mol. The van der Waals surface area contributed by atoms with E-state index >= 15 is 0 Å². The summed E-state index contributed by atoms with van der Waals surface area (Å²) in [5, 5.41) is 12.4. The zero-order valence-electron chi connectivity index (χ0n) is 10.4. The van der Waals surface area contributed by atoms with Crippen LogP contribution in [0, 0.1) is 6.92 Å².